The molecule has 214 valence electrons. The molecule has 1 N–H and O–H groups in total. The van der Waals surface area contributed by atoms with Crippen LogP contribution in [-0.4, -0.2) is 40.5 Å². The van der Waals surface area contributed by atoms with Crippen molar-refractivity contribution in [2.45, 2.75) is 59.1 Å². The lowest BCUT2D eigenvalue weighted by Gasteiger charge is -2.25. The van der Waals surface area contributed by atoms with Crippen LogP contribution >= 0.6 is 11.3 Å². The van der Waals surface area contributed by atoms with Crippen LogP contribution in [0.1, 0.15) is 72.7 Å². The molecule has 1 amide bonds. The summed E-state index contributed by atoms with van der Waals surface area (Å²) in [6.07, 6.45) is 1.42. The predicted octanol–water partition coefficient (Wildman–Crippen LogP) is 6.51. The highest BCUT2D eigenvalue weighted by molar-refractivity contribution is 7.17. The van der Waals surface area contributed by atoms with Crippen LogP contribution in [0.25, 0.3) is 5.76 Å². The monoisotopic (exact) mass is 574 g/mol. The normalized spacial score (nSPS) is 16.8. The molecule has 2 heterocycles. The van der Waals surface area contributed by atoms with Crippen molar-refractivity contribution in [1.82, 2.24) is 4.98 Å². The highest BCUT2D eigenvalue weighted by Gasteiger charge is 2.48. The van der Waals surface area contributed by atoms with E-state index in [1.54, 1.807) is 31.2 Å². The lowest BCUT2D eigenvalue weighted by atomic mass is 9.85. The Kier molecular flexibility index (Phi) is 8.49. The first kappa shape index (κ1) is 29.7. The van der Waals surface area contributed by atoms with Gasteiger partial charge in [0.1, 0.15) is 23.0 Å². The molecule has 4 rings (SSSR count). The Morgan fingerprint density at radius 3 is 2.32 bits per heavy atom. The highest BCUT2D eigenvalue weighted by atomic mass is 32.1. The first-order valence-electron chi connectivity index (χ1n) is 13.3. The summed E-state index contributed by atoms with van der Waals surface area (Å²) < 4.78 is 10.9. The third kappa shape index (κ3) is 6.10. The first-order valence-corrected chi connectivity index (χ1v) is 14.1. The molecule has 2 aromatic carbocycles. The summed E-state index contributed by atoms with van der Waals surface area (Å²) in [7, 11) is 0. The number of benzene rings is 2. The fraction of sp³-hybridized carbons (Fsp3) is 0.312. The van der Waals surface area contributed by atoms with Gasteiger partial charge in [-0.1, -0.05) is 69.0 Å². The van der Waals surface area contributed by atoms with Gasteiger partial charge in [0.15, 0.2) is 5.13 Å². The second kappa shape index (κ2) is 11.7. The van der Waals surface area contributed by atoms with Crippen molar-refractivity contribution in [1.29, 1.82) is 0 Å². The summed E-state index contributed by atoms with van der Waals surface area (Å²) in [6, 6.07) is 13.3. The maximum atomic E-state index is 13.5. The number of anilines is 1. The number of aromatic nitrogens is 1. The zero-order valence-electron chi connectivity index (χ0n) is 24.1. The average molecular weight is 575 g/mol. The molecule has 1 aliphatic heterocycles. The second-order valence-electron chi connectivity index (χ2n) is 11.0. The van der Waals surface area contributed by atoms with Crippen LogP contribution in [0.3, 0.4) is 0 Å². The van der Waals surface area contributed by atoms with Gasteiger partial charge < -0.3 is 14.6 Å². The lowest BCUT2D eigenvalue weighted by molar-refractivity contribution is -0.132. The van der Waals surface area contributed by atoms with Gasteiger partial charge in [-0.05, 0) is 61.6 Å². The highest BCUT2D eigenvalue weighted by Crippen LogP contribution is 2.44. The molecule has 1 aromatic heterocycles. The van der Waals surface area contributed by atoms with Crippen LogP contribution in [0.4, 0.5) is 5.13 Å². The number of aliphatic hydroxyl groups excluding tert-OH is 1. The molecule has 1 aliphatic rings. The molecule has 41 heavy (non-hydrogen) atoms. The largest absolute Gasteiger partial charge is 0.507 e. The summed E-state index contributed by atoms with van der Waals surface area (Å²) >= 11 is 0.956. The molecule has 1 unspecified atom stereocenters. The van der Waals surface area contributed by atoms with Crippen molar-refractivity contribution in [2.75, 3.05) is 11.5 Å². The molecule has 1 fully saturated rings. The minimum Gasteiger partial charge on any atom is -0.507 e. The standard InChI is InChI=1S/C32H34N2O6S/c1-8-17-39-30(38)28-19(4)33-31(41-28)34-25(20-9-13-22(14-10-20)32(5,6)7)24(27(36)29(34)37)26(35)21-11-15-23(16-12-21)40-18(2)3/h8-16,18,25,35H,1,17H2,2-7H3/b26-24+. The first-order chi connectivity index (χ1) is 19.3. The number of aryl methyl sites for hydroxylation is 1. The zero-order valence-corrected chi connectivity index (χ0v) is 24.9. The maximum absolute atomic E-state index is 13.5. The maximum Gasteiger partial charge on any atom is 0.350 e. The number of esters is 1. The number of nitrogens with zero attached hydrogens (tertiary/aromatic N) is 2. The lowest BCUT2D eigenvalue weighted by Crippen LogP contribution is -2.29. The van der Waals surface area contributed by atoms with E-state index in [-0.39, 0.29) is 39.5 Å². The molecule has 0 aliphatic carbocycles. The van der Waals surface area contributed by atoms with Gasteiger partial charge in [-0.15, -0.1) is 0 Å². The van der Waals surface area contributed by atoms with Crippen molar-refractivity contribution in [3.05, 3.63) is 94.0 Å². The summed E-state index contributed by atoms with van der Waals surface area (Å²) in [5.41, 5.74) is 2.22. The number of Topliss-reactive ketones (excluding diaryl/α,β-unsaturated/α-hetero) is 1. The number of amides is 1. The Hall–Kier alpha value is -4.24. The van der Waals surface area contributed by atoms with Gasteiger partial charge in [0.25, 0.3) is 5.78 Å². The molecule has 3 aromatic rings. The van der Waals surface area contributed by atoms with Crippen molar-refractivity contribution in [3.63, 3.8) is 0 Å². The van der Waals surface area contributed by atoms with Gasteiger partial charge in [-0.2, -0.15) is 0 Å². The molecule has 9 heteroatoms. The number of thiazole rings is 1. The zero-order chi connectivity index (χ0) is 30.1. The topological polar surface area (TPSA) is 106 Å². The average Bonchev–Trinajstić information content (AvgIpc) is 3.43. The van der Waals surface area contributed by atoms with Gasteiger partial charge in [0, 0.05) is 5.56 Å². The van der Waals surface area contributed by atoms with Crippen molar-refractivity contribution < 1.29 is 29.0 Å². The quantitative estimate of drug-likeness (QED) is 0.108. The van der Waals surface area contributed by atoms with E-state index in [9.17, 15) is 19.5 Å². The minimum atomic E-state index is -0.974. The van der Waals surface area contributed by atoms with E-state index in [4.69, 9.17) is 9.47 Å². The summed E-state index contributed by atoms with van der Waals surface area (Å²) in [6.45, 7) is 15.3. The smallest absolute Gasteiger partial charge is 0.350 e. The van der Waals surface area contributed by atoms with Crippen LogP contribution in [0.2, 0.25) is 0 Å². The number of aliphatic hydroxyl groups is 1. The Morgan fingerprint density at radius 1 is 1.12 bits per heavy atom. The summed E-state index contributed by atoms with van der Waals surface area (Å²) in [4.78, 5) is 45.6. The number of carbonyl (C=O) groups is 3. The Morgan fingerprint density at radius 2 is 1.76 bits per heavy atom. The van der Waals surface area contributed by atoms with Crippen molar-refractivity contribution >= 4 is 39.9 Å². The van der Waals surface area contributed by atoms with Gasteiger partial charge in [-0.3, -0.25) is 14.5 Å². The fourth-order valence-corrected chi connectivity index (χ4v) is 5.49. The number of hydrogen-bond acceptors (Lipinski definition) is 8. The summed E-state index contributed by atoms with van der Waals surface area (Å²) in [5.74, 6) is -2.00. The number of ether oxygens (including phenoxy) is 2. The minimum absolute atomic E-state index is 0.0249. The number of rotatable bonds is 8. The second-order valence-corrected chi connectivity index (χ2v) is 12.0. The van der Waals surface area contributed by atoms with E-state index < -0.39 is 23.7 Å². The third-order valence-corrected chi connectivity index (χ3v) is 7.68. The third-order valence-electron chi connectivity index (χ3n) is 6.55. The number of carbonyl (C=O) groups excluding carboxylic acids is 3. The van der Waals surface area contributed by atoms with Crippen LogP contribution in [0.15, 0.2) is 66.8 Å². The Labute approximate surface area is 243 Å². The van der Waals surface area contributed by atoms with E-state index in [1.807, 2.05) is 38.1 Å². The molecule has 0 saturated carbocycles. The Balaban J connectivity index is 1.86. The van der Waals surface area contributed by atoms with E-state index in [0.29, 0.717) is 22.6 Å². The van der Waals surface area contributed by atoms with E-state index in [0.717, 1.165) is 16.9 Å². The van der Waals surface area contributed by atoms with Gasteiger partial charge in [0.2, 0.25) is 0 Å². The predicted molar refractivity (Wildman–Crippen MR) is 159 cm³/mol. The molecule has 1 atom stereocenters. The van der Waals surface area contributed by atoms with Crippen LogP contribution in [-0.2, 0) is 19.7 Å². The van der Waals surface area contributed by atoms with Gasteiger partial charge in [0.05, 0.1) is 23.4 Å². The molecular formula is C32H34N2O6S. The van der Waals surface area contributed by atoms with Crippen molar-refractivity contribution in [3.8, 4) is 5.75 Å². The molecule has 8 nitrogen and oxygen atoms in total. The molecular weight excluding hydrogens is 540 g/mol. The van der Waals surface area contributed by atoms with Gasteiger partial charge in [-0.25, -0.2) is 9.78 Å². The van der Waals surface area contributed by atoms with E-state index in [1.165, 1.54) is 11.0 Å². The molecule has 0 bridgehead atoms. The number of hydrogen-bond donors (Lipinski definition) is 1. The Bertz CT molecular complexity index is 1510. The SMILES string of the molecule is C=CCOC(=O)c1sc(N2C(=O)C(=O)/C(=C(/O)c3ccc(OC(C)C)cc3)C2c2ccc(C(C)(C)C)cc2)nc1C. The summed E-state index contributed by atoms with van der Waals surface area (Å²) in [5, 5.41) is 11.6. The van der Waals surface area contributed by atoms with E-state index >= 15 is 0 Å². The van der Waals surface area contributed by atoms with Crippen LogP contribution in [0.5, 0.6) is 5.75 Å². The fourth-order valence-electron chi connectivity index (χ4n) is 4.50. The molecule has 1 saturated heterocycles. The van der Waals surface area contributed by atoms with Gasteiger partial charge >= 0.3 is 11.9 Å². The molecule has 0 spiro atoms. The van der Waals surface area contributed by atoms with Crippen LogP contribution in [0, 0.1) is 6.92 Å². The number of ketones is 1. The van der Waals surface area contributed by atoms with E-state index in [2.05, 4.69) is 32.3 Å². The molecule has 0 radical (unpaired) electrons. The van der Waals surface area contributed by atoms with Crippen molar-refractivity contribution in [2.24, 2.45) is 0 Å². The van der Waals surface area contributed by atoms with Crippen LogP contribution < -0.4 is 9.64 Å².